The molecule has 22 heavy (non-hydrogen) atoms. The summed E-state index contributed by atoms with van der Waals surface area (Å²) in [6, 6.07) is 14.8. The number of ether oxygens (including phenoxy) is 1. The van der Waals surface area contributed by atoms with E-state index >= 15 is 0 Å². The smallest absolute Gasteiger partial charge is 0.265 e. The Hall–Kier alpha value is -2.00. The van der Waals surface area contributed by atoms with E-state index in [1.54, 1.807) is 31.2 Å². The zero-order valence-corrected chi connectivity index (χ0v) is 13.7. The van der Waals surface area contributed by atoms with E-state index in [-0.39, 0.29) is 5.91 Å². The van der Waals surface area contributed by atoms with Crippen LogP contribution in [0.1, 0.15) is 32.3 Å². The SMILES string of the molecule is CC(C)c1ccc(NC(=O)[C@H](C)Oc2cccc(Cl)c2)cc1. The van der Waals surface area contributed by atoms with E-state index in [1.165, 1.54) is 5.56 Å². The number of nitrogens with one attached hydrogen (secondary N) is 1. The third-order valence-electron chi connectivity index (χ3n) is 3.32. The summed E-state index contributed by atoms with van der Waals surface area (Å²) in [5.41, 5.74) is 2.00. The zero-order valence-electron chi connectivity index (χ0n) is 13.0. The Labute approximate surface area is 136 Å². The maximum atomic E-state index is 12.2. The van der Waals surface area contributed by atoms with Gasteiger partial charge < -0.3 is 10.1 Å². The fourth-order valence-corrected chi connectivity index (χ4v) is 2.17. The average Bonchev–Trinajstić information content (AvgIpc) is 2.47. The van der Waals surface area contributed by atoms with Crippen molar-refractivity contribution in [2.24, 2.45) is 0 Å². The highest BCUT2D eigenvalue weighted by atomic mass is 35.5. The Bertz CT molecular complexity index is 638. The summed E-state index contributed by atoms with van der Waals surface area (Å²) in [6.07, 6.45) is -0.608. The number of amides is 1. The lowest BCUT2D eigenvalue weighted by molar-refractivity contribution is -0.122. The number of benzene rings is 2. The van der Waals surface area contributed by atoms with Gasteiger partial charge in [0, 0.05) is 10.7 Å². The Morgan fingerprint density at radius 3 is 2.36 bits per heavy atom. The molecule has 4 heteroatoms. The summed E-state index contributed by atoms with van der Waals surface area (Å²) < 4.78 is 5.59. The minimum Gasteiger partial charge on any atom is -0.481 e. The van der Waals surface area contributed by atoms with Crippen molar-refractivity contribution in [3.05, 3.63) is 59.1 Å². The summed E-state index contributed by atoms with van der Waals surface area (Å²) in [5.74, 6) is 0.845. The van der Waals surface area contributed by atoms with Crippen LogP contribution in [-0.4, -0.2) is 12.0 Å². The fourth-order valence-electron chi connectivity index (χ4n) is 1.99. The minimum absolute atomic E-state index is 0.197. The van der Waals surface area contributed by atoms with Crippen LogP contribution >= 0.6 is 11.6 Å². The average molecular weight is 318 g/mol. The van der Waals surface area contributed by atoms with E-state index in [4.69, 9.17) is 16.3 Å². The highest BCUT2D eigenvalue weighted by Crippen LogP contribution is 2.20. The Morgan fingerprint density at radius 1 is 1.09 bits per heavy atom. The third kappa shape index (κ3) is 4.50. The quantitative estimate of drug-likeness (QED) is 0.854. The maximum absolute atomic E-state index is 12.2. The monoisotopic (exact) mass is 317 g/mol. The van der Waals surface area contributed by atoms with Crippen molar-refractivity contribution < 1.29 is 9.53 Å². The normalized spacial score (nSPS) is 12.0. The molecule has 1 amide bonds. The minimum atomic E-state index is -0.608. The molecule has 0 unspecified atom stereocenters. The number of halogens is 1. The molecule has 0 aliphatic heterocycles. The molecule has 0 heterocycles. The second-order valence-electron chi connectivity index (χ2n) is 5.48. The summed E-state index contributed by atoms with van der Waals surface area (Å²) >= 11 is 5.90. The van der Waals surface area contributed by atoms with Gasteiger partial charge in [-0.25, -0.2) is 0 Å². The number of rotatable bonds is 5. The van der Waals surface area contributed by atoms with Crippen LogP contribution in [0, 0.1) is 0 Å². The van der Waals surface area contributed by atoms with Crippen molar-refractivity contribution in [3.63, 3.8) is 0 Å². The molecule has 116 valence electrons. The van der Waals surface area contributed by atoms with Gasteiger partial charge in [-0.15, -0.1) is 0 Å². The molecule has 3 nitrogen and oxygen atoms in total. The lowest BCUT2D eigenvalue weighted by Crippen LogP contribution is -2.30. The molecule has 1 N–H and O–H groups in total. The lowest BCUT2D eigenvalue weighted by Gasteiger charge is -2.15. The first-order valence-corrected chi connectivity index (χ1v) is 7.66. The highest BCUT2D eigenvalue weighted by Gasteiger charge is 2.15. The van der Waals surface area contributed by atoms with Gasteiger partial charge >= 0.3 is 0 Å². The lowest BCUT2D eigenvalue weighted by atomic mass is 10.0. The number of hydrogen-bond acceptors (Lipinski definition) is 2. The first-order valence-electron chi connectivity index (χ1n) is 7.29. The second kappa shape index (κ2) is 7.32. The fraction of sp³-hybridized carbons (Fsp3) is 0.278. The van der Waals surface area contributed by atoms with Crippen LogP contribution in [0.5, 0.6) is 5.75 Å². The van der Waals surface area contributed by atoms with Crippen LogP contribution in [0.3, 0.4) is 0 Å². The van der Waals surface area contributed by atoms with Gasteiger partial charge in [0.2, 0.25) is 0 Å². The van der Waals surface area contributed by atoms with Crippen molar-refractivity contribution >= 4 is 23.2 Å². The molecule has 0 radical (unpaired) electrons. The standard InChI is InChI=1S/C18H20ClNO2/c1-12(2)14-7-9-16(10-8-14)20-18(21)13(3)22-17-6-4-5-15(19)11-17/h4-13H,1-3H3,(H,20,21)/t13-/m0/s1. The van der Waals surface area contributed by atoms with Crippen molar-refractivity contribution in [2.45, 2.75) is 32.8 Å². The highest BCUT2D eigenvalue weighted by molar-refractivity contribution is 6.30. The van der Waals surface area contributed by atoms with Crippen LogP contribution in [-0.2, 0) is 4.79 Å². The molecule has 0 saturated carbocycles. The van der Waals surface area contributed by atoms with Crippen LogP contribution in [0.4, 0.5) is 5.69 Å². The van der Waals surface area contributed by atoms with Crippen molar-refractivity contribution in [1.82, 2.24) is 0 Å². The topological polar surface area (TPSA) is 38.3 Å². The van der Waals surface area contributed by atoms with Gasteiger partial charge in [-0.05, 0) is 48.7 Å². The molecule has 0 bridgehead atoms. The number of carbonyl (C=O) groups excluding carboxylic acids is 1. The molecule has 0 fully saturated rings. The second-order valence-corrected chi connectivity index (χ2v) is 5.92. The van der Waals surface area contributed by atoms with Crippen LogP contribution < -0.4 is 10.1 Å². The number of anilines is 1. The molecule has 2 aromatic rings. The van der Waals surface area contributed by atoms with Crippen molar-refractivity contribution in [3.8, 4) is 5.75 Å². The maximum Gasteiger partial charge on any atom is 0.265 e. The van der Waals surface area contributed by atoms with Gasteiger partial charge in [-0.1, -0.05) is 43.6 Å². The van der Waals surface area contributed by atoms with Crippen LogP contribution in [0.25, 0.3) is 0 Å². The van der Waals surface area contributed by atoms with Gasteiger partial charge in [0.25, 0.3) is 5.91 Å². The van der Waals surface area contributed by atoms with Crippen molar-refractivity contribution in [2.75, 3.05) is 5.32 Å². The number of carbonyl (C=O) groups is 1. The molecular formula is C18H20ClNO2. The molecule has 0 aliphatic carbocycles. The predicted octanol–water partition coefficient (Wildman–Crippen LogP) is 4.87. The Balaban J connectivity index is 1.96. The summed E-state index contributed by atoms with van der Waals surface area (Å²) in [7, 11) is 0. The van der Waals surface area contributed by atoms with Gasteiger partial charge in [-0.2, -0.15) is 0 Å². The van der Waals surface area contributed by atoms with E-state index < -0.39 is 6.10 Å². The number of hydrogen-bond donors (Lipinski definition) is 1. The van der Waals surface area contributed by atoms with E-state index in [1.807, 2.05) is 24.3 Å². The molecule has 0 spiro atoms. The predicted molar refractivity (Wildman–Crippen MR) is 90.7 cm³/mol. The molecule has 2 aromatic carbocycles. The van der Waals surface area contributed by atoms with Crippen LogP contribution in [0.15, 0.2) is 48.5 Å². The first-order chi connectivity index (χ1) is 10.5. The van der Waals surface area contributed by atoms with E-state index in [2.05, 4.69) is 19.2 Å². The largest absolute Gasteiger partial charge is 0.481 e. The van der Waals surface area contributed by atoms with Crippen molar-refractivity contribution in [1.29, 1.82) is 0 Å². The molecular weight excluding hydrogens is 298 g/mol. The Kier molecular flexibility index (Phi) is 5.45. The van der Waals surface area contributed by atoms with E-state index in [0.717, 1.165) is 5.69 Å². The molecule has 1 atom stereocenters. The van der Waals surface area contributed by atoms with Gasteiger partial charge in [-0.3, -0.25) is 4.79 Å². The van der Waals surface area contributed by atoms with Gasteiger partial charge in [0.05, 0.1) is 0 Å². The third-order valence-corrected chi connectivity index (χ3v) is 3.56. The summed E-state index contributed by atoms with van der Waals surface area (Å²) in [6.45, 7) is 5.97. The van der Waals surface area contributed by atoms with Crippen LogP contribution in [0.2, 0.25) is 5.02 Å². The van der Waals surface area contributed by atoms with Gasteiger partial charge in [0.15, 0.2) is 6.10 Å². The molecule has 0 aliphatic rings. The molecule has 2 rings (SSSR count). The Morgan fingerprint density at radius 2 is 1.77 bits per heavy atom. The zero-order chi connectivity index (χ0) is 16.1. The molecule has 0 saturated heterocycles. The molecule has 0 aromatic heterocycles. The summed E-state index contributed by atoms with van der Waals surface area (Å²) in [4.78, 5) is 12.2. The first kappa shape index (κ1) is 16.4. The van der Waals surface area contributed by atoms with E-state index in [0.29, 0.717) is 16.7 Å². The van der Waals surface area contributed by atoms with E-state index in [9.17, 15) is 4.79 Å². The summed E-state index contributed by atoms with van der Waals surface area (Å²) in [5, 5.41) is 3.42. The van der Waals surface area contributed by atoms with Gasteiger partial charge in [0.1, 0.15) is 5.75 Å².